The van der Waals surface area contributed by atoms with Crippen LogP contribution in [0.3, 0.4) is 0 Å². The monoisotopic (exact) mass is 404 g/mol. The van der Waals surface area contributed by atoms with Gasteiger partial charge in [-0.2, -0.15) is 0 Å². The minimum atomic E-state index is 0.0297. The second-order valence-electron chi connectivity index (χ2n) is 8.18. The molecule has 0 aromatic heterocycles. The number of benzene rings is 1. The van der Waals surface area contributed by atoms with Crippen LogP contribution in [0.15, 0.2) is 18.2 Å². The van der Waals surface area contributed by atoms with Crippen molar-refractivity contribution in [3.8, 4) is 11.5 Å². The van der Waals surface area contributed by atoms with Gasteiger partial charge in [-0.15, -0.1) is 0 Å². The van der Waals surface area contributed by atoms with Crippen LogP contribution in [0.5, 0.6) is 11.5 Å². The summed E-state index contributed by atoms with van der Waals surface area (Å²) in [5.74, 6) is 1.27. The fourth-order valence-corrected chi connectivity index (χ4v) is 5.27. The van der Waals surface area contributed by atoms with Gasteiger partial charge in [0.15, 0.2) is 0 Å². The van der Waals surface area contributed by atoms with Crippen molar-refractivity contribution < 1.29 is 23.7 Å². The van der Waals surface area contributed by atoms with E-state index in [1.54, 1.807) is 26.4 Å². The third-order valence-electron chi connectivity index (χ3n) is 7.01. The van der Waals surface area contributed by atoms with Gasteiger partial charge in [-0.1, -0.05) is 0 Å². The van der Waals surface area contributed by atoms with Crippen molar-refractivity contribution in [2.24, 2.45) is 0 Å². The second kappa shape index (κ2) is 8.50. The van der Waals surface area contributed by atoms with Crippen LogP contribution in [0.25, 0.3) is 0 Å². The number of nitrogens with zero attached hydrogens (tertiary/aromatic N) is 2. The number of likely N-dealkylation sites (tertiary alicyclic amines) is 2. The number of methoxy groups -OCH3 is 3. The van der Waals surface area contributed by atoms with Crippen molar-refractivity contribution in [3.63, 3.8) is 0 Å². The normalized spacial score (nSPS) is 24.9. The third-order valence-corrected chi connectivity index (χ3v) is 7.01. The number of ether oxygens (including phenoxy) is 4. The van der Waals surface area contributed by atoms with Crippen LogP contribution in [0.1, 0.15) is 36.0 Å². The van der Waals surface area contributed by atoms with Crippen molar-refractivity contribution >= 4 is 5.91 Å². The molecule has 3 heterocycles. The van der Waals surface area contributed by atoms with Crippen LogP contribution < -0.4 is 9.47 Å². The number of carbonyl (C=O) groups is 1. The zero-order valence-corrected chi connectivity index (χ0v) is 17.7. The highest BCUT2D eigenvalue weighted by Gasteiger charge is 2.56. The molecule has 0 bridgehead atoms. The van der Waals surface area contributed by atoms with E-state index in [1.165, 1.54) is 0 Å². The maximum atomic E-state index is 13.1. The lowest BCUT2D eigenvalue weighted by molar-refractivity contribution is -0.207. The topological polar surface area (TPSA) is 60.5 Å². The molecule has 0 aliphatic carbocycles. The molecule has 7 heteroatoms. The molecule has 0 N–H and O–H groups in total. The Morgan fingerprint density at radius 2 is 1.83 bits per heavy atom. The molecule has 3 aliphatic rings. The van der Waals surface area contributed by atoms with E-state index in [4.69, 9.17) is 18.9 Å². The fraction of sp³-hybridized carbons (Fsp3) is 0.682. The first-order valence-electron chi connectivity index (χ1n) is 10.5. The quantitative estimate of drug-likeness (QED) is 0.750. The van der Waals surface area contributed by atoms with E-state index in [2.05, 4.69) is 4.90 Å². The van der Waals surface area contributed by atoms with Gasteiger partial charge in [0.1, 0.15) is 11.5 Å². The first-order valence-corrected chi connectivity index (χ1v) is 10.5. The lowest BCUT2D eigenvalue weighted by Gasteiger charge is -2.63. The van der Waals surface area contributed by atoms with Gasteiger partial charge in [-0.05, 0) is 37.8 Å². The van der Waals surface area contributed by atoms with Crippen molar-refractivity contribution in [2.75, 3.05) is 54.2 Å². The van der Waals surface area contributed by atoms with E-state index >= 15 is 0 Å². The lowest BCUT2D eigenvalue weighted by atomic mass is 9.73. The van der Waals surface area contributed by atoms with E-state index < -0.39 is 0 Å². The molecule has 4 rings (SSSR count). The average molecular weight is 405 g/mol. The smallest absolute Gasteiger partial charge is 0.257 e. The molecule has 1 unspecified atom stereocenters. The molecular formula is C22H32N2O5. The summed E-state index contributed by atoms with van der Waals surface area (Å²) in [4.78, 5) is 17.7. The van der Waals surface area contributed by atoms with Crippen LogP contribution in [0.4, 0.5) is 0 Å². The highest BCUT2D eigenvalue weighted by atomic mass is 16.5. The highest BCUT2D eigenvalue weighted by molar-refractivity contribution is 5.97. The standard InChI is InChI=1S/C22H32N2O5/c1-26-17-4-5-18(19(14-17)27-2)21(25)23-10-6-16(7-11-23)24-15-20(28-3)22(24)8-12-29-13-9-22/h4-5,14,16,20H,6-13,15H2,1-3H3. The summed E-state index contributed by atoms with van der Waals surface area (Å²) in [6.07, 6.45) is 4.35. The van der Waals surface area contributed by atoms with E-state index in [9.17, 15) is 4.79 Å². The summed E-state index contributed by atoms with van der Waals surface area (Å²) in [6, 6.07) is 5.87. The second-order valence-corrected chi connectivity index (χ2v) is 8.18. The van der Waals surface area contributed by atoms with E-state index in [0.717, 1.165) is 58.5 Å². The summed E-state index contributed by atoms with van der Waals surface area (Å²) in [5, 5.41) is 0. The van der Waals surface area contributed by atoms with Crippen molar-refractivity contribution in [3.05, 3.63) is 23.8 Å². The number of rotatable bonds is 5. The van der Waals surface area contributed by atoms with Crippen LogP contribution in [0, 0.1) is 0 Å². The Hall–Kier alpha value is -1.83. The van der Waals surface area contributed by atoms with Gasteiger partial charge in [-0.25, -0.2) is 0 Å². The van der Waals surface area contributed by atoms with Crippen LogP contribution in [-0.4, -0.2) is 87.6 Å². The summed E-state index contributed by atoms with van der Waals surface area (Å²) in [6.45, 7) is 4.14. The molecular weight excluding hydrogens is 372 g/mol. The Bertz CT molecular complexity index is 726. The van der Waals surface area contributed by atoms with Crippen molar-refractivity contribution in [2.45, 2.75) is 43.4 Å². The Labute approximate surface area is 172 Å². The predicted octanol–water partition coefficient (Wildman–Crippen LogP) is 2.19. The molecule has 3 saturated heterocycles. The van der Waals surface area contributed by atoms with Gasteiger partial charge < -0.3 is 23.8 Å². The highest BCUT2D eigenvalue weighted by Crippen LogP contribution is 2.44. The van der Waals surface area contributed by atoms with Crippen molar-refractivity contribution in [1.29, 1.82) is 0 Å². The first kappa shape index (κ1) is 20.4. The summed E-state index contributed by atoms with van der Waals surface area (Å²) >= 11 is 0. The first-order chi connectivity index (χ1) is 14.1. The molecule has 1 amide bonds. The summed E-state index contributed by atoms with van der Waals surface area (Å²) in [7, 11) is 5.01. The Kier molecular flexibility index (Phi) is 5.99. The average Bonchev–Trinajstić information content (AvgIpc) is 2.78. The van der Waals surface area contributed by atoms with Gasteiger partial charge >= 0.3 is 0 Å². The van der Waals surface area contributed by atoms with Crippen LogP contribution in [0.2, 0.25) is 0 Å². The van der Waals surface area contributed by atoms with Gasteiger partial charge in [0.25, 0.3) is 5.91 Å². The minimum Gasteiger partial charge on any atom is -0.497 e. The molecule has 1 aromatic carbocycles. The molecule has 29 heavy (non-hydrogen) atoms. The Balaban J connectivity index is 1.40. The van der Waals surface area contributed by atoms with Crippen molar-refractivity contribution in [1.82, 2.24) is 9.80 Å². The molecule has 160 valence electrons. The number of hydrogen-bond donors (Lipinski definition) is 0. The molecule has 1 spiro atoms. The number of carbonyl (C=O) groups excluding carboxylic acids is 1. The third kappa shape index (κ3) is 3.60. The molecule has 0 saturated carbocycles. The van der Waals surface area contributed by atoms with E-state index in [-0.39, 0.29) is 11.4 Å². The van der Waals surface area contributed by atoms with E-state index in [0.29, 0.717) is 29.2 Å². The van der Waals surface area contributed by atoms with Gasteiger partial charge in [0, 0.05) is 52.1 Å². The number of hydrogen-bond acceptors (Lipinski definition) is 6. The summed E-state index contributed by atoms with van der Waals surface area (Å²) in [5.41, 5.74) is 0.722. The lowest BCUT2D eigenvalue weighted by Crippen LogP contribution is -2.75. The minimum absolute atomic E-state index is 0.0297. The fourth-order valence-electron chi connectivity index (χ4n) is 5.27. The van der Waals surface area contributed by atoms with Gasteiger partial charge in [0.2, 0.25) is 0 Å². The maximum absolute atomic E-state index is 13.1. The number of amides is 1. The van der Waals surface area contributed by atoms with Gasteiger partial charge in [-0.3, -0.25) is 9.69 Å². The molecule has 3 fully saturated rings. The SMILES string of the molecule is COc1ccc(C(=O)N2CCC(N3CC(OC)C34CCOCC4)CC2)c(OC)c1. The molecule has 7 nitrogen and oxygen atoms in total. The molecule has 1 aromatic rings. The molecule has 0 radical (unpaired) electrons. The molecule has 3 aliphatic heterocycles. The summed E-state index contributed by atoms with van der Waals surface area (Å²) < 4.78 is 22.0. The number of piperidine rings is 1. The van der Waals surface area contributed by atoms with Crippen LogP contribution >= 0.6 is 0 Å². The Morgan fingerprint density at radius 3 is 2.45 bits per heavy atom. The van der Waals surface area contributed by atoms with Gasteiger partial charge in [0.05, 0.1) is 31.4 Å². The zero-order chi connectivity index (χ0) is 20.4. The molecule has 1 atom stereocenters. The Morgan fingerprint density at radius 1 is 1.10 bits per heavy atom. The predicted molar refractivity (Wildman–Crippen MR) is 109 cm³/mol. The zero-order valence-electron chi connectivity index (χ0n) is 17.7. The maximum Gasteiger partial charge on any atom is 0.257 e. The van der Waals surface area contributed by atoms with Crippen LogP contribution in [-0.2, 0) is 9.47 Å². The largest absolute Gasteiger partial charge is 0.497 e. The van der Waals surface area contributed by atoms with E-state index in [1.807, 2.05) is 18.1 Å².